The Labute approximate surface area is 181 Å². The molecule has 0 unspecified atom stereocenters. The summed E-state index contributed by atoms with van der Waals surface area (Å²) >= 11 is 0. The van der Waals surface area contributed by atoms with Gasteiger partial charge < -0.3 is 25.2 Å². The van der Waals surface area contributed by atoms with E-state index in [0.717, 1.165) is 5.56 Å². The van der Waals surface area contributed by atoms with Crippen LogP contribution in [-0.4, -0.2) is 49.7 Å². The van der Waals surface area contributed by atoms with E-state index >= 15 is 0 Å². The van der Waals surface area contributed by atoms with Crippen molar-refractivity contribution in [3.05, 3.63) is 60.2 Å². The summed E-state index contributed by atoms with van der Waals surface area (Å²) in [5.41, 5.74) is 0.883. The molecule has 8 nitrogen and oxygen atoms in total. The fourth-order valence-electron chi connectivity index (χ4n) is 3.05. The number of aliphatic carboxylic acids is 1. The normalized spacial score (nSPS) is 12.3. The fourth-order valence-corrected chi connectivity index (χ4v) is 3.05. The summed E-state index contributed by atoms with van der Waals surface area (Å²) in [4.78, 5) is 36.3. The largest absolute Gasteiger partial charge is 0.497 e. The van der Waals surface area contributed by atoms with Crippen molar-refractivity contribution >= 4 is 17.8 Å². The molecule has 0 radical (unpaired) electrons. The van der Waals surface area contributed by atoms with E-state index in [4.69, 9.17) is 9.47 Å². The number of carboxylic acid groups (broad SMARTS) is 1. The van der Waals surface area contributed by atoms with Gasteiger partial charge in [-0.15, -0.1) is 0 Å². The van der Waals surface area contributed by atoms with Crippen LogP contribution in [0.5, 0.6) is 11.5 Å². The zero-order valence-electron chi connectivity index (χ0n) is 17.7. The highest BCUT2D eigenvalue weighted by atomic mass is 16.5. The van der Waals surface area contributed by atoms with Crippen molar-refractivity contribution in [3.8, 4) is 11.5 Å². The lowest BCUT2D eigenvalue weighted by molar-refractivity contribution is -0.141. The number of carbonyl (C=O) groups is 3. The molecule has 0 aliphatic carbocycles. The van der Waals surface area contributed by atoms with Crippen LogP contribution in [-0.2, 0) is 20.8 Å². The topological polar surface area (TPSA) is 114 Å². The van der Waals surface area contributed by atoms with Gasteiger partial charge in [0.2, 0.25) is 11.8 Å². The van der Waals surface area contributed by atoms with Crippen LogP contribution in [0.2, 0.25) is 0 Å². The molecule has 0 bridgehead atoms. The minimum absolute atomic E-state index is 0.154. The molecular formula is C23H28N2O6. The molecule has 2 aromatic rings. The van der Waals surface area contributed by atoms with Crippen LogP contribution in [0, 0.1) is 5.92 Å². The van der Waals surface area contributed by atoms with E-state index in [-0.39, 0.29) is 25.4 Å². The third-order valence-corrected chi connectivity index (χ3v) is 4.75. The van der Waals surface area contributed by atoms with Crippen molar-refractivity contribution in [2.24, 2.45) is 5.92 Å². The average molecular weight is 428 g/mol. The van der Waals surface area contributed by atoms with Gasteiger partial charge in [0.1, 0.15) is 17.5 Å². The lowest BCUT2D eigenvalue weighted by Crippen LogP contribution is -2.49. The van der Waals surface area contributed by atoms with E-state index in [1.54, 1.807) is 31.4 Å². The Balaban J connectivity index is 1.99. The molecule has 166 valence electrons. The van der Waals surface area contributed by atoms with Crippen molar-refractivity contribution in [1.82, 2.24) is 10.6 Å². The van der Waals surface area contributed by atoms with Crippen LogP contribution < -0.4 is 20.1 Å². The maximum Gasteiger partial charge on any atom is 0.304 e. The molecule has 2 atom stereocenters. The van der Waals surface area contributed by atoms with E-state index < -0.39 is 23.8 Å². The van der Waals surface area contributed by atoms with Crippen LogP contribution in [0.3, 0.4) is 0 Å². The van der Waals surface area contributed by atoms with E-state index in [0.29, 0.717) is 17.9 Å². The van der Waals surface area contributed by atoms with Gasteiger partial charge in [-0.05, 0) is 36.2 Å². The maximum absolute atomic E-state index is 12.8. The molecule has 2 amide bonds. The Morgan fingerprint density at radius 3 is 2.19 bits per heavy atom. The number of ether oxygens (including phenoxy) is 2. The molecule has 0 saturated heterocycles. The number of carbonyl (C=O) groups excluding carboxylic acids is 2. The molecule has 2 aromatic carbocycles. The highest BCUT2D eigenvalue weighted by Crippen LogP contribution is 2.18. The molecule has 0 spiro atoms. The number of benzene rings is 2. The summed E-state index contributed by atoms with van der Waals surface area (Å²) in [6.07, 6.45) is 0.133. The Morgan fingerprint density at radius 1 is 0.968 bits per heavy atom. The van der Waals surface area contributed by atoms with Gasteiger partial charge >= 0.3 is 5.97 Å². The summed E-state index contributed by atoms with van der Waals surface area (Å²) in [7, 11) is 3.05. The van der Waals surface area contributed by atoms with Gasteiger partial charge in [0.25, 0.3) is 0 Å². The summed E-state index contributed by atoms with van der Waals surface area (Å²) < 4.78 is 10.7. The Hall–Kier alpha value is -3.55. The summed E-state index contributed by atoms with van der Waals surface area (Å²) in [5, 5.41) is 14.5. The number of hydrogen-bond donors (Lipinski definition) is 3. The SMILES string of the molecule is CNC(=O)[C@H](Cc1ccccc1)NC(=O)[C@H](CCOc1ccc(OC)cc1)CC(=O)O. The third-order valence-electron chi connectivity index (χ3n) is 4.75. The Morgan fingerprint density at radius 2 is 1.61 bits per heavy atom. The predicted octanol–water partition coefficient (Wildman–Crippen LogP) is 2.03. The minimum atomic E-state index is -1.09. The van der Waals surface area contributed by atoms with Crippen molar-refractivity contribution < 1.29 is 29.0 Å². The molecule has 0 aliphatic heterocycles. The van der Waals surface area contributed by atoms with E-state index in [1.807, 2.05) is 30.3 Å². The third kappa shape index (κ3) is 8.00. The van der Waals surface area contributed by atoms with Crippen molar-refractivity contribution in [2.75, 3.05) is 20.8 Å². The summed E-state index contributed by atoms with van der Waals surface area (Å²) in [6.45, 7) is 0.154. The van der Waals surface area contributed by atoms with Crippen LogP contribution in [0.15, 0.2) is 54.6 Å². The van der Waals surface area contributed by atoms with Gasteiger partial charge in [-0.2, -0.15) is 0 Å². The van der Waals surface area contributed by atoms with Gasteiger partial charge in [-0.25, -0.2) is 0 Å². The number of likely N-dealkylation sites (N-methyl/N-ethyl adjacent to an activating group) is 1. The lowest BCUT2D eigenvalue weighted by atomic mass is 9.99. The monoisotopic (exact) mass is 428 g/mol. The maximum atomic E-state index is 12.8. The van der Waals surface area contributed by atoms with E-state index in [9.17, 15) is 19.5 Å². The fraction of sp³-hybridized carbons (Fsp3) is 0.348. The number of hydrogen-bond acceptors (Lipinski definition) is 5. The number of amides is 2. The number of carboxylic acids is 1. The van der Waals surface area contributed by atoms with Gasteiger partial charge in [-0.3, -0.25) is 14.4 Å². The summed E-state index contributed by atoms with van der Waals surface area (Å²) in [6, 6.07) is 15.4. The lowest BCUT2D eigenvalue weighted by Gasteiger charge is -2.21. The number of rotatable bonds is 12. The first-order valence-corrected chi connectivity index (χ1v) is 9.97. The first-order chi connectivity index (χ1) is 14.9. The van der Waals surface area contributed by atoms with Crippen LogP contribution in [0.25, 0.3) is 0 Å². The molecule has 0 saturated carbocycles. The standard InChI is InChI=1S/C23H28N2O6/c1-24-23(29)20(14-16-6-4-3-5-7-16)25-22(28)17(15-21(26)27)12-13-31-19-10-8-18(30-2)9-11-19/h3-11,17,20H,12-15H2,1-2H3,(H,24,29)(H,25,28)(H,26,27)/t17-,20+/m1/s1. The van der Waals surface area contributed by atoms with Gasteiger partial charge in [0, 0.05) is 13.5 Å². The smallest absolute Gasteiger partial charge is 0.304 e. The highest BCUT2D eigenvalue weighted by Gasteiger charge is 2.27. The molecule has 0 aliphatic rings. The second kappa shape index (κ2) is 12.2. The molecule has 0 aromatic heterocycles. The van der Waals surface area contributed by atoms with Gasteiger partial charge in [0.15, 0.2) is 0 Å². The predicted molar refractivity (Wildman–Crippen MR) is 115 cm³/mol. The zero-order chi connectivity index (χ0) is 22.6. The van der Waals surface area contributed by atoms with E-state index in [1.165, 1.54) is 7.05 Å². The quantitative estimate of drug-likeness (QED) is 0.477. The summed E-state index contributed by atoms with van der Waals surface area (Å²) in [5.74, 6) is -1.49. The molecule has 0 heterocycles. The van der Waals surface area contributed by atoms with Crippen LogP contribution in [0.4, 0.5) is 0 Å². The van der Waals surface area contributed by atoms with Gasteiger partial charge in [-0.1, -0.05) is 30.3 Å². The number of nitrogens with one attached hydrogen (secondary N) is 2. The molecule has 31 heavy (non-hydrogen) atoms. The number of methoxy groups -OCH3 is 1. The molecule has 0 fully saturated rings. The Kier molecular flexibility index (Phi) is 9.35. The molecule has 8 heteroatoms. The van der Waals surface area contributed by atoms with Crippen LogP contribution >= 0.6 is 0 Å². The minimum Gasteiger partial charge on any atom is -0.497 e. The highest BCUT2D eigenvalue weighted by molar-refractivity contribution is 5.89. The first kappa shape index (κ1) is 23.7. The first-order valence-electron chi connectivity index (χ1n) is 9.97. The van der Waals surface area contributed by atoms with Gasteiger partial charge in [0.05, 0.1) is 26.1 Å². The second-order valence-corrected chi connectivity index (χ2v) is 6.97. The van der Waals surface area contributed by atoms with Crippen molar-refractivity contribution in [1.29, 1.82) is 0 Å². The molecule has 2 rings (SSSR count). The van der Waals surface area contributed by atoms with Crippen LogP contribution in [0.1, 0.15) is 18.4 Å². The van der Waals surface area contributed by atoms with Crippen molar-refractivity contribution in [2.45, 2.75) is 25.3 Å². The average Bonchev–Trinajstić information content (AvgIpc) is 2.78. The van der Waals surface area contributed by atoms with E-state index in [2.05, 4.69) is 10.6 Å². The Bertz CT molecular complexity index is 854. The zero-order valence-corrected chi connectivity index (χ0v) is 17.7. The second-order valence-electron chi connectivity index (χ2n) is 6.97. The van der Waals surface area contributed by atoms with Crippen molar-refractivity contribution in [3.63, 3.8) is 0 Å². The molecular weight excluding hydrogens is 400 g/mol. The molecule has 3 N–H and O–H groups in total.